The van der Waals surface area contributed by atoms with E-state index in [4.69, 9.17) is 11.6 Å². The second-order valence-corrected chi connectivity index (χ2v) is 7.59. The Balaban J connectivity index is 1.92. The number of rotatable bonds is 3. The molecule has 2 N–H and O–H groups in total. The summed E-state index contributed by atoms with van der Waals surface area (Å²) in [6.07, 6.45) is 3.48. The number of H-pyrrole nitrogens is 1. The van der Waals surface area contributed by atoms with Crippen LogP contribution >= 0.6 is 11.6 Å². The van der Waals surface area contributed by atoms with E-state index < -0.39 is 10.0 Å². The third-order valence-electron chi connectivity index (χ3n) is 3.64. The molecule has 1 aliphatic rings. The van der Waals surface area contributed by atoms with E-state index in [0.29, 0.717) is 29.0 Å². The summed E-state index contributed by atoms with van der Waals surface area (Å²) in [5, 5.41) is 3.59. The second kappa shape index (κ2) is 5.53. The van der Waals surface area contributed by atoms with Gasteiger partial charge >= 0.3 is 0 Å². The molecular formula is C13H15ClN4O3S. The van der Waals surface area contributed by atoms with Gasteiger partial charge in [-0.05, 0) is 12.5 Å². The Hall–Kier alpha value is -1.64. The molecule has 0 aromatic carbocycles. The molecule has 9 heteroatoms. The molecule has 0 spiro atoms. The Bertz CT molecular complexity index is 833. The van der Waals surface area contributed by atoms with Crippen LogP contribution in [0.2, 0.25) is 5.02 Å². The minimum Gasteiger partial charge on any atom is -0.352 e. The quantitative estimate of drug-likeness (QED) is 0.873. The zero-order valence-electron chi connectivity index (χ0n) is 11.8. The van der Waals surface area contributed by atoms with Gasteiger partial charge < -0.3 is 10.3 Å². The van der Waals surface area contributed by atoms with Crippen molar-refractivity contribution in [1.29, 1.82) is 0 Å². The van der Waals surface area contributed by atoms with Crippen molar-refractivity contribution in [2.45, 2.75) is 24.3 Å². The fourth-order valence-electron chi connectivity index (χ4n) is 2.66. The molecule has 3 heterocycles. The third-order valence-corrected chi connectivity index (χ3v) is 5.75. The van der Waals surface area contributed by atoms with E-state index in [2.05, 4.69) is 15.3 Å². The number of hydrogen-bond acceptors (Lipinski definition) is 4. The van der Waals surface area contributed by atoms with Gasteiger partial charge in [0.25, 0.3) is 0 Å². The molecule has 0 saturated carbocycles. The lowest BCUT2D eigenvalue weighted by molar-refractivity contribution is -0.119. The number of aromatic nitrogens is 2. The van der Waals surface area contributed by atoms with E-state index in [9.17, 15) is 13.2 Å². The molecule has 3 rings (SSSR count). The zero-order chi connectivity index (χ0) is 15.9. The Morgan fingerprint density at radius 2 is 2.32 bits per heavy atom. The zero-order valence-corrected chi connectivity index (χ0v) is 13.4. The highest BCUT2D eigenvalue weighted by Crippen LogP contribution is 2.28. The fourth-order valence-corrected chi connectivity index (χ4v) is 4.46. The first-order chi connectivity index (χ1) is 10.4. The molecule has 22 heavy (non-hydrogen) atoms. The van der Waals surface area contributed by atoms with Crippen LogP contribution < -0.4 is 5.32 Å². The molecule has 1 saturated heterocycles. The Labute approximate surface area is 132 Å². The molecule has 0 bridgehead atoms. The van der Waals surface area contributed by atoms with Crippen LogP contribution in [0, 0.1) is 0 Å². The maximum Gasteiger partial charge on any atom is 0.245 e. The number of fused-ring (bicyclic) bond motifs is 1. The molecule has 0 radical (unpaired) electrons. The molecule has 2 aromatic rings. The van der Waals surface area contributed by atoms with E-state index >= 15 is 0 Å². The van der Waals surface area contributed by atoms with E-state index in [-0.39, 0.29) is 23.4 Å². The fraction of sp³-hybridized carbons (Fsp3) is 0.385. The normalized spacial score (nSPS) is 19.6. The molecule has 2 aromatic heterocycles. The molecule has 1 aliphatic heterocycles. The lowest BCUT2D eigenvalue weighted by atomic mass is 10.3. The van der Waals surface area contributed by atoms with Crippen molar-refractivity contribution in [2.75, 3.05) is 13.1 Å². The van der Waals surface area contributed by atoms with Gasteiger partial charge in [0.05, 0.1) is 5.02 Å². The number of halogens is 1. The molecule has 1 fully saturated rings. The van der Waals surface area contributed by atoms with Gasteiger partial charge in [0.1, 0.15) is 10.5 Å². The van der Waals surface area contributed by atoms with Crippen molar-refractivity contribution in [3.63, 3.8) is 0 Å². The predicted molar refractivity (Wildman–Crippen MR) is 82.1 cm³/mol. The molecule has 118 valence electrons. The van der Waals surface area contributed by atoms with Crippen LogP contribution in [0.15, 0.2) is 23.4 Å². The van der Waals surface area contributed by atoms with Gasteiger partial charge in [-0.2, -0.15) is 4.31 Å². The van der Waals surface area contributed by atoms with Crippen LogP contribution in [-0.2, 0) is 14.8 Å². The number of hydrogen-bond donors (Lipinski definition) is 2. The summed E-state index contributed by atoms with van der Waals surface area (Å²) in [6.45, 7) is 2.06. The monoisotopic (exact) mass is 342 g/mol. The highest BCUT2D eigenvalue weighted by Gasteiger charge is 2.34. The summed E-state index contributed by atoms with van der Waals surface area (Å²) in [7, 11) is -3.66. The van der Waals surface area contributed by atoms with Gasteiger partial charge in [-0.15, -0.1) is 0 Å². The summed E-state index contributed by atoms with van der Waals surface area (Å²) in [6, 6.07) is 1.42. The third kappa shape index (κ3) is 2.69. The number of carbonyl (C=O) groups excluding carboxylic acids is 1. The summed E-state index contributed by atoms with van der Waals surface area (Å²) in [4.78, 5) is 18.2. The van der Waals surface area contributed by atoms with Crippen molar-refractivity contribution < 1.29 is 13.2 Å². The Morgan fingerprint density at radius 3 is 3.05 bits per heavy atom. The van der Waals surface area contributed by atoms with Gasteiger partial charge in [0.15, 0.2) is 0 Å². The van der Waals surface area contributed by atoms with Crippen molar-refractivity contribution in [3.05, 3.63) is 23.5 Å². The lowest BCUT2D eigenvalue weighted by Crippen LogP contribution is -2.37. The molecule has 1 atom stereocenters. The summed E-state index contributed by atoms with van der Waals surface area (Å²) in [5.41, 5.74) is 0.473. The van der Waals surface area contributed by atoms with E-state index in [1.807, 2.05) is 0 Å². The van der Waals surface area contributed by atoms with Gasteiger partial charge in [-0.3, -0.25) is 4.79 Å². The number of nitrogens with one attached hydrogen (secondary N) is 2. The van der Waals surface area contributed by atoms with E-state index in [0.717, 1.165) is 0 Å². The van der Waals surface area contributed by atoms with Crippen molar-refractivity contribution >= 4 is 38.6 Å². The number of sulfonamides is 1. The Kier molecular flexibility index (Phi) is 3.84. The van der Waals surface area contributed by atoms with Crippen LogP contribution in [0.1, 0.15) is 13.3 Å². The number of nitrogens with zero attached hydrogens (tertiary/aromatic N) is 2. The number of amides is 1. The Morgan fingerprint density at radius 1 is 1.55 bits per heavy atom. The van der Waals surface area contributed by atoms with E-state index in [1.165, 1.54) is 23.6 Å². The van der Waals surface area contributed by atoms with Gasteiger partial charge in [0, 0.05) is 43.8 Å². The van der Waals surface area contributed by atoms with Crippen LogP contribution in [0.25, 0.3) is 11.0 Å². The van der Waals surface area contributed by atoms with Gasteiger partial charge in [-0.25, -0.2) is 13.4 Å². The van der Waals surface area contributed by atoms with Crippen molar-refractivity contribution in [2.24, 2.45) is 0 Å². The largest absolute Gasteiger partial charge is 0.352 e. The van der Waals surface area contributed by atoms with Crippen molar-refractivity contribution in [1.82, 2.24) is 19.6 Å². The topological polar surface area (TPSA) is 95.2 Å². The summed E-state index contributed by atoms with van der Waals surface area (Å²) >= 11 is 5.91. The summed E-state index contributed by atoms with van der Waals surface area (Å²) in [5.74, 6) is -0.160. The maximum atomic E-state index is 12.8. The maximum absolute atomic E-state index is 12.8. The van der Waals surface area contributed by atoms with E-state index in [1.54, 1.807) is 6.07 Å². The summed E-state index contributed by atoms with van der Waals surface area (Å²) < 4.78 is 26.9. The average molecular weight is 343 g/mol. The first kappa shape index (κ1) is 15.3. The minimum absolute atomic E-state index is 0.154. The first-order valence-electron chi connectivity index (χ1n) is 6.78. The highest BCUT2D eigenvalue weighted by molar-refractivity contribution is 7.89. The average Bonchev–Trinajstić information content (AvgIpc) is 3.04. The van der Waals surface area contributed by atoms with Crippen LogP contribution in [0.4, 0.5) is 0 Å². The number of carbonyl (C=O) groups is 1. The van der Waals surface area contributed by atoms with Crippen LogP contribution in [0.5, 0.6) is 0 Å². The molecule has 1 amide bonds. The molecular weight excluding hydrogens is 328 g/mol. The molecule has 1 unspecified atom stereocenters. The van der Waals surface area contributed by atoms with Gasteiger partial charge in [0.2, 0.25) is 15.9 Å². The highest BCUT2D eigenvalue weighted by atomic mass is 35.5. The smallest absolute Gasteiger partial charge is 0.245 e. The van der Waals surface area contributed by atoms with Gasteiger partial charge in [-0.1, -0.05) is 11.6 Å². The predicted octanol–water partition coefficient (Wildman–Crippen LogP) is 1.12. The number of pyridine rings is 1. The van der Waals surface area contributed by atoms with Crippen LogP contribution in [0.3, 0.4) is 0 Å². The standard InChI is InChI=1S/C13H15ClN4O3S/c1-8(19)17-10-2-3-18(7-10)22(20,21)12-6-16-13-11(12)4-9(14)5-15-13/h4-6,10H,2-3,7H2,1H3,(H,15,16)(H,17,19). The lowest BCUT2D eigenvalue weighted by Gasteiger charge is -2.16. The van der Waals surface area contributed by atoms with Crippen LogP contribution in [-0.4, -0.2) is 47.7 Å². The van der Waals surface area contributed by atoms with Crippen molar-refractivity contribution in [3.8, 4) is 0 Å². The second-order valence-electron chi connectivity index (χ2n) is 5.25. The first-order valence-corrected chi connectivity index (χ1v) is 8.59. The molecule has 0 aliphatic carbocycles. The minimum atomic E-state index is -3.66. The SMILES string of the molecule is CC(=O)NC1CCN(S(=O)(=O)c2c[nH]c3ncc(Cl)cc23)C1. The number of aromatic amines is 1. The molecule has 7 nitrogen and oxygen atoms in total.